The maximum atomic E-state index is 13.5. The highest BCUT2D eigenvalue weighted by atomic mass is 16.5. The largest absolute Gasteiger partial charge is 0.497 e. The molecule has 4 rings (SSSR count). The molecule has 158 valence electrons. The van der Waals surface area contributed by atoms with E-state index in [1.807, 2.05) is 6.07 Å². The molecule has 0 spiro atoms. The number of nitrogens with zero attached hydrogens (tertiary/aromatic N) is 2. The van der Waals surface area contributed by atoms with Gasteiger partial charge >= 0.3 is 0 Å². The second-order valence-corrected chi connectivity index (χ2v) is 6.91. The van der Waals surface area contributed by atoms with Gasteiger partial charge in [0.1, 0.15) is 17.2 Å². The van der Waals surface area contributed by atoms with E-state index in [-0.39, 0.29) is 11.3 Å². The van der Waals surface area contributed by atoms with E-state index in [1.165, 1.54) is 7.11 Å². The quantitative estimate of drug-likeness (QED) is 0.601. The van der Waals surface area contributed by atoms with E-state index in [2.05, 4.69) is 5.32 Å². The fourth-order valence-electron chi connectivity index (χ4n) is 3.51. The number of nitrogens with one attached hydrogen (secondary N) is 1. The predicted octanol–water partition coefficient (Wildman–Crippen LogP) is 3.97. The van der Waals surface area contributed by atoms with E-state index < -0.39 is 11.8 Å². The summed E-state index contributed by atoms with van der Waals surface area (Å²) in [6, 6.07) is 22.4. The normalized spacial score (nSPS) is 13.2. The summed E-state index contributed by atoms with van der Waals surface area (Å²) in [6.07, 6.45) is 0. The van der Waals surface area contributed by atoms with Gasteiger partial charge in [-0.15, -0.1) is 0 Å². The number of hydrogen-bond donors (Lipinski definition) is 1. The summed E-state index contributed by atoms with van der Waals surface area (Å²) in [5, 5.41) is 12.2. The molecule has 32 heavy (non-hydrogen) atoms. The van der Waals surface area contributed by atoms with Crippen molar-refractivity contribution in [1.29, 1.82) is 5.26 Å². The van der Waals surface area contributed by atoms with Crippen LogP contribution in [0.3, 0.4) is 0 Å². The summed E-state index contributed by atoms with van der Waals surface area (Å²) < 4.78 is 10.7. The SMILES string of the molecule is COc1cccc(NC2=C(c3ccccc3OC)C(=O)N(c3ccc(C#N)cc3)C2=O)c1. The van der Waals surface area contributed by atoms with Gasteiger partial charge in [-0.1, -0.05) is 24.3 Å². The van der Waals surface area contributed by atoms with Crippen LogP contribution in [0.15, 0.2) is 78.5 Å². The summed E-state index contributed by atoms with van der Waals surface area (Å²) >= 11 is 0. The van der Waals surface area contributed by atoms with Gasteiger partial charge in [-0.2, -0.15) is 5.26 Å². The number of nitriles is 1. The standard InChI is InChI=1S/C25H19N3O4/c1-31-19-7-5-6-17(14-19)27-23-22(20-8-3-4-9-21(20)32-2)24(29)28(25(23)30)18-12-10-16(15-26)11-13-18/h3-14,27H,1-2H3. The zero-order valence-corrected chi connectivity index (χ0v) is 17.5. The van der Waals surface area contributed by atoms with Gasteiger partial charge in [0.15, 0.2) is 0 Å². The number of rotatable bonds is 6. The van der Waals surface area contributed by atoms with Crippen molar-refractivity contribution in [2.75, 3.05) is 24.4 Å². The van der Waals surface area contributed by atoms with Gasteiger partial charge < -0.3 is 14.8 Å². The van der Waals surface area contributed by atoms with Gasteiger partial charge in [-0.25, -0.2) is 4.90 Å². The first-order valence-electron chi connectivity index (χ1n) is 9.75. The molecule has 0 fully saturated rings. The Balaban J connectivity index is 1.84. The molecule has 2 amide bonds. The number of carbonyl (C=O) groups excluding carboxylic acids is 2. The van der Waals surface area contributed by atoms with Crippen molar-refractivity contribution in [2.45, 2.75) is 0 Å². The molecule has 7 nitrogen and oxygen atoms in total. The van der Waals surface area contributed by atoms with E-state index in [4.69, 9.17) is 14.7 Å². The highest BCUT2D eigenvalue weighted by molar-refractivity contribution is 6.46. The molecule has 7 heteroatoms. The van der Waals surface area contributed by atoms with Crippen LogP contribution < -0.4 is 19.7 Å². The average molecular weight is 425 g/mol. The Bertz CT molecular complexity index is 1270. The minimum atomic E-state index is -0.511. The lowest BCUT2D eigenvalue weighted by molar-refractivity contribution is -0.120. The lowest BCUT2D eigenvalue weighted by Gasteiger charge is -2.15. The number of amides is 2. The van der Waals surface area contributed by atoms with Crippen LogP contribution >= 0.6 is 0 Å². The topological polar surface area (TPSA) is 91.7 Å². The van der Waals surface area contributed by atoms with Gasteiger partial charge in [0.2, 0.25) is 0 Å². The van der Waals surface area contributed by atoms with Crippen LogP contribution in [0.25, 0.3) is 5.57 Å². The van der Waals surface area contributed by atoms with Crippen molar-refractivity contribution in [3.8, 4) is 17.6 Å². The number of anilines is 2. The summed E-state index contributed by atoms with van der Waals surface area (Å²) in [5.74, 6) is 0.0727. The van der Waals surface area contributed by atoms with E-state index in [1.54, 1.807) is 79.9 Å². The Kier molecular flexibility index (Phi) is 5.60. The van der Waals surface area contributed by atoms with Gasteiger partial charge in [0.25, 0.3) is 11.8 Å². The van der Waals surface area contributed by atoms with Crippen molar-refractivity contribution < 1.29 is 19.1 Å². The Labute approximate surface area is 185 Å². The number of para-hydroxylation sites is 1. The highest BCUT2D eigenvalue weighted by Gasteiger charge is 2.41. The van der Waals surface area contributed by atoms with Crippen molar-refractivity contribution in [1.82, 2.24) is 0 Å². The van der Waals surface area contributed by atoms with Crippen LogP contribution in [-0.4, -0.2) is 26.0 Å². The van der Waals surface area contributed by atoms with Crippen molar-refractivity contribution in [2.24, 2.45) is 0 Å². The molecule has 0 atom stereocenters. The fourth-order valence-corrected chi connectivity index (χ4v) is 3.51. The van der Waals surface area contributed by atoms with Crippen molar-refractivity contribution >= 4 is 28.8 Å². The third-order valence-electron chi connectivity index (χ3n) is 5.05. The number of imide groups is 1. The molecule has 0 radical (unpaired) electrons. The molecule has 1 aliphatic rings. The van der Waals surface area contributed by atoms with Crippen LogP contribution in [0.5, 0.6) is 11.5 Å². The van der Waals surface area contributed by atoms with Crippen LogP contribution in [-0.2, 0) is 9.59 Å². The summed E-state index contributed by atoms with van der Waals surface area (Å²) in [5.41, 5.74) is 2.20. The monoisotopic (exact) mass is 425 g/mol. The minimum Gasteiger partial charge on any atom is -0.497 e. The Morgan fingerprint density at radius 3 is 2.31 bits per heavy atom. The summed E-state index contributed by atoms with van der Waals surface area (Å²) in [4.78, 5) is 28.1. The molecule has 0 saturated carbocycles. The Hall–Kier alpha value is -4.57. The lowest BCUT2D eigenvalue weighted by atomic mass is 10.0. The zero-order valence-electron chi connectivity index (χ0n) is 17.5. The number of carbonyl (C=O) groups is 2. The Morgan fingerprint density at radius 1 is 0.875 bits per heavy atom. The highest BCUT2D eigenvalue weighted by Crippen LogP contribution is 2.37. The van der Waals surface area contributed by atoms with Gasteiger partial charge in [-0.3, -0.25) is 9.59 Å². The van der Waals surface area contributed by atoms with Crippen LogP contribution in [0.1, 0.15) is 11.1 Å². The second kappa shape index (κ2) is 8.66. The van der Waals surface area contributed by atoms with E-state index >= 15 is 0 Å². The minimum absolute atomic E-state index is 0.122. The lowest BCUT2D eigenvalue weighted by Crippen LogP contribution is -2.32. The zero-order chi connectivity index (χ0) is 22.7. The fraction of sp³-hybridized carbons (Fsp3) is 0.0800. The molecule has 3 aromatic carbocycles. The summed E-state index contributed by atoms with van der Waals surface area (Å²) in [6.45, 7) is 0. The Morgan fingerprint density at radius 2 is 1.62 bits per heavy atom. The summed E-state index contributed by atoms with van der Waals surface area (Å²) in [7, 11) is 3.06. The van der Waals surface area contributed by atoms with Crippen LogP contribution in [0.2, 0.25) is 0 Å². The second-order valence-electron chi connectivity index (χ2n) is 6.91. The molecule has 0 aliphatic carbocycles. The number of hydrogen-bond acceptors (Lipinski definition) is 6. The number of benzene rings is 3. The molecule has 1 N–H and O–H groups in total. The van der Waals surface area contributed by atoms with Gasteiger partial charge in [0.05, 0.1) is 37.1 Å². The molecule has 0 aromatic heterocycles. The first-order valence-corrected chi connectivity index (χ1v) is 9.75. The van der Waals surface area contributed by atoms with Gasteiger partial charge in [-0.05, 0) is 42.5 Å². The van der Waals surface area contributed by atoms with Crippen molar-refractivity contribution in [3.05, 3.63) is 89.6 Å². The number of methoxy groups -OCH3 is 2. The van der Waals surface area contributed by atoms with Gasteiger partial charge in [0, 0.05) is 17.3 Å². The smallest absolute Gasteiger partial charge is 0.282 e. The first-order chi connectivity index (χ1) is 15.6. The third kappa shape index (κ3) is 3.66. The molecular formula is C25H19N3O4. The maximum Gasteiger partial charge on any atom is 0.282 e. The molecule has 0 unspecified atom stereocenters. The van der Waals surface area contributed by atoms with Crippen LogP contribution in [0, 0.1) is 11.3 Å². The number of ether oxygens (including phenoxy) is 2. The van der Waals surface area contributed by atoms with E-state index in [0.29, 0.717) is 34.0 Å². The molecule has 1 aliphatic heterocycles. The first kappa shape index (κ1) is 20.7. The maximum absolute atomic E-state index is 13.5. The molecule has 3 aromatic rings. The molecule has 1 heterocycles. The van der Waals surface area contributed by atoms with Crippen molar-refractivity contribution in [3.63, 3.8) is 0 Å². The third-order valence-corrected chi connectivity index (χ3v) is 5.05. The average Bonchev–Trinajstić information content (AvgIpc) is 3.08. The van der Waals surface area contributed by atoms with Crippen LogP contribution in [0.4, 0.5) is 11.4 Å². The molecule has 0 bridgehead atoms. The molecule has 0 saturated heterocycles. The van der Waals surface area contributed by atoms with E-state index in [0.717, 1.165) is 4.90 Å². The molecular weight excluding hydrogens is 406 g/mol. The van der Waals surface area contributed by atoms with E-state index in [9.17, 15) is 9.59 Å². The predicted molar refractivity (Wildman–Crippen MR) is 120 cm³/mol.